The van der Waals surface area contributed by atoms with Gasteiger partial charge in [0.1, 0.15) is 5.75 Å². The number of hydrogen-bond acceptors (Lipinski definition) is 4. The summed E-state index contributed by atoms with van der Waals surface area (Å²) in [5, 5.41) is 9.35. The van der Waals surface area contributed by atoms with Crippen LogP contribution in [0.5, 0.6) is 5.75 Å². The number of benzene rings is 2. The lowest BCUT2D eigenvalue weighted by atomic mass is 10.1. The SMILES string of the molecule is CC(NS(=O)(=O)c1ccc(O)c(N)c1)c1cccc(Br)c1. The molecule has 0 aliphatic heterocycles. The number of halogens is 1. The van der Waals surface area contributed by atoms with Gasteiger partial charge in [-0.15, -0.1) is 0 Å². The first-order valence-electron chi connectivity index (χ1n) is 6.16. The van der Waals surface area contributed by atoms with Crippen molar-refractivity contribution in [2.75, 3.05) is 5.73 Å². The number of rotatable bonds is 4. The van der Waals surface area contributed by atoms with Gasteiger partial charge in [-0.05, 0) is 42.8 Å². The molecule has 2 aromatic rings. The van der Waals surface area contributed by atoms with Crippen LogP contribution >= 0.6 is 15.9 Å². The topological polar surface area (TPSA) is 92.4 Å². The van der Waals surface area contributed by atoms with Crippen molar-refractivity contribution in [3.05, 3.63) is 52.5 Å². The normalized spacial score (nSPS) is 13.0. The third-order valence-corrected chi connectivity index (χ3v) is 5.02. The highest BCUT2D eigenvalue weighted by molar-refractivity contribution is 9.10. The highest BCUT2D eigenvalue weighted by atomic mass is 79.9. The molecule has 0 bridgehead atoms. The van der Waals surface area contributed by atoms with Crippen LogP contribution in [0.1, 0.15) is 18.5 Å². The summed E-state index contributed by atoms with van der Waals surface area (Å²) in [5.74, 6) is -0.144. The van der Waals surface area contributed by atoms with Gasteiger partial charge in [0.25, 0.3) is 0 Å². The second kappa shape index (κ2) is 6.05. The molecule has 0 aromatic heterocycles. The molecule has 0 aliphatic carbocycles. The zero-order valence-corrected chi connectivity index (χ0v) is 13.6. The van der Waals surface area contributed by atoms with Gasteiger partial charge in [0.2, 0.25) is 10.0 Å². The molecule has 4 N–H and O–H groups in total. The average Bonchev–Trinajstić information content (AvgIpc) is 2.41. The molecule has 0 heterocycles. The fourth-order valence-corrected chi connectivity index (χ4v) is 3.53. The molecule has 5 nitrogen and oxygen atoms in total. The highest BCUT2D eigenvalue weighted by Crippen LogP contribution is 2.25. The van der Waals surface area contributed by atoms with Crippen molar-refractivity contribution in [2.45, 2.75) is 17.9 Å². The summed E-state index contributed by atoms with van der Waals surface area (Å²) in [6.07, 6.45) is 0. The molecule has 1 atom stereocenters. The lowest BCUT2D eigenvalue weighted by Crippen LogP contribution is -2.27. The number of sulfonamides is 1. The summed E-state index contributed by atoms with van der Waals surface area (Å²) in [7, 11) is -3.72. The number of anilines is 1. The summed E-state index contributed by atoms with van der Waals surface area (Å²) < 4.78 is 28.1. The second-order valence-electron chi connectivity index (χ2n) is 4.62. The maximum absolute atomic E-state index is 12.3. The van der Waals surface area contributed by atoms with E-state index in [-0.39, 0.29) is 16.3 Å². The Labute approximate surface area is 132 Å². The fourth-order valence-electron chi connectivity index (χ4n) is 1.84. The van der Waals surface area contributed by atoms with Gasteiger partial charge < -0.3 is 10.8 Å². The summed E-state index contributed by atoms with van der Waals surface area (Å²) in [6.45, 7) is 1.75. The van der Waals surface area contributed by atoms with E-state index in [1.165, 1.54) is 18.2 Å². The number of nitrogen functional groups attached to an aromatic ring is 1. The first kappa shape index (κ1) is 15.8. The maximum Gasteiger partial charge on any atom is 0.241 e. The van der Waals surface area contributed by atoms with Gasteiger partial charge in [-0.3, -0.25) is 0 Å². The van der Waals surface area contributed by atoms with E-state index in [4.69, 9.17) is 5.73 Å². The van der Waals surface area contributed by atoms with Crippen LogP contribution in [0.4, 0.5) is 5.69 Å². The summed E-state index contributed by atoms with van der Waals surface area (Å²) in [6, 6.07) is 10.8. The fraction of sp³-hybridized carbons (Fsp3) is 0.143. The zero-order valence-electron chi connectivity index (χ0n) is 11.2. The Morgan fingerprint density at radius 3 is 2.57 bits per heavy atom. The average molecular weight is 371 g/mol. The molecule has 2 rings (SSSR count). The van der Waals surface area contributed by atoms with Crippen molar-refractivity contribution in [1.82, 2.24) is 4.72 Å². The van der Waals surface area contributed by atoms with E-state index < -0.39 is 16.1 Å². The quantitative estimate of drug-likeness (QED) is 0.569. The van der Waals surface area contributed by atoms with Crippen LogP contribution < -0.4 is 10.5 Å². The largest absolute Gasteiger partial charge is 0.506 e. The Morgan fingerprint density at radius 2 is 1.95 bits per heavy atom. The lowest BCUT2D eigenvalue weighted by Gasteiger charge is -2.15. The van der Waals surface area contributed by atoms with Crippen LogP contribution in [0.15, 0.2) is 51.8 Å². The van der Waals surface area contributed by atoms with Crippen LogP contribution in [0.25, 0.3) is 0 Å². The van der Waals surface area contributed by atoms with Crippen molar-refractivity contribution < 1.29 is 13.5 Å². The zero-order chi connectivity index (χ0) is 15.6. The summed E-state index contributed by atoms with van der Waals surface area (Å²) in [4.78, 5) is 0.0136. The van der Waals surface area contributed by atoms with E-state index in [2.05, 4.69) is 20.7 Å². The molecule has 1 unspecified atom stereocenters. The first-order valence-corrected chi connectivity index (χ1v) is 8.43. The van der Waals surface area contributed by atoms with Gasteiger partial charge in [-0.25, -0.2) is 13.1 Å². The molecule has 0 radical (unpaired) electrons. The van der Waals surface area contributed by atoms with Gasteiger partial charge in [0, 0.05) is 10.5 Å². The molecule has 7 heteroatoms. The number of nitrogens with one attached hydrogen (secondary N) is 1. The number of phenols is 1. The molecular weight excluding hydrogens is 356 g/mol. The minimum Gasteiger partial charge on any atom is -0.506 e. The summed E-state index contributed by atoms with van der Waals surface area (Å²) in [5.41, 5.74) is 6.39. The van der Waals surface area contributed by atoms with Crippen LogP contribution in [0, 0.1) is 0 Å². The van der Waals surface area contributed by atoms with Gasteiger partial charge >= 0.3 is 0 Å². The van der Waals surface area contributed by atoms with Crippen LogP contribution in [-0.2, 0) is 10.0 Å². The monoisotopic (exact) mass is 370 g/mol. The summed E-state index contributed by atoms with van der Waals surface area (Å²) >= 11 is 3.35. The van der Waals surface area contributed by atoms with E-state index in [1.807, 2.05) is 24.3 Å². The van der Waals surface area contributed by atoms with E-state index in [9.17, 15) is 13.5 Å². The lowest BCUT2D eigenvalue weighted by molar-refractivity contribution is 0.477. The molecule has 0 saturated heterocycles. The van der Waals surface area contributed by atoms with E-state index in [1.54, 1.807) is 6.92 Å². The maximum atomic E-state index is 12.3. The minimum atomic E-state index is -3.72. The Bertz CT molecular complexity index is 763. The number of hydrogen-bond donors (Lipinski definition) is 3. The highest BCUT2D eigenvalue weighted by Gasteiger charge is 2.19. The molecule has 0 fully saturated rings. The molecule has 0 spiro atoms. The molecule has 2 aromatic carbocycles. The number of phenolic OH excluding ortho intramolecular Hbond substituents is 1. The van der Waals surface area contributed by atoms with Crippen LogP contribution in [0.3, 0.4) is 0 Å². The Hall–Kier alpha value is -1.57. The first-order chi connectivity index (χ1) is 9.79. The van der Waals surface area contributed by atoms with Crippen molar-refractivity contribution in [3.8, 4) is 5.75 Å². The van der Waals surface area contributed by atoms with E-state index in [0.29, 0.717) is 0 Å². The second-order valence-corrected chi connectivity index (χ2v) is 7.25. The van der Waals surface area contributed by atoms with Gasteiger partial charge in [-0.2, -0.15) is 0 Å². The van der Waals surface area contributed by atoms with Gasteiger partial charge in [-0.1, -0.05) is 28.1 Å². The van der Waals surface area contributed by atoms with Crippen LogP contribution in [-0.4, -0.2) is 13.5 Å². The standard InChI is InChI=1S/C14H15BrN2O3S/c1-9(10-3-2-4-11(15)7-10)17-21(19,20)12-5-6-14(18)13(16)8-12/h2-9,17-18H,16H2,1H3. The van der Waals surface area contributed by atoms with E-state index in [0.717, 1.165) is 10.0 Å². The van der Waals surface area contributed by atoms with Crippen molar-refractivity contribution in [1.29, 1.82) is 0 Å². The minimum absolute atomic E-state index is 0.0136. The molecule has 0 aliphatic rings. The number of nitrogens with two attached hydrogens (primary N) is 1. The van der Waals surface area contributed by atoms with Crippen molar-refractivity contribution >= 4 is 31.6 Å². The Morgan fingerprint density at radius 1 is 1.24 bits per heavy atom. The molecule has 0 saturated carbocycles. The van der Waals surface area contributed by atoms with Crippen molar-refractivity contribution in [3.63, 3.8) is 0 Å². The molecular formula is C14H15BrN2O3S. The smallest absolute Gasteiger partial charge is 0.241 e. The third-order valence-electron chi connectivity index (χ3n) is 2.99. The van der Waals surface area contributed by atoms with Gasteiger partial charge in [0.15, 0.2) is 0 Å². The van der Waals surface area contributed by atoms with Crippen molar-refractivity contribution in [2.24, 2.45) is 0 Å². The Kier molecular flexibility index (Phi) is 4.55. The van der Waals surface area contributed by atoms with Gasteiger partial charge in [0.05, 0.1) is 10.6 Å². The predicted octanol–water partition coefficient (Wildman–Crippen LogP) is 2.78. The van der Waals surface area contributed by atoms with Crippen LogP contribution in [0.2, 0.25) is 0 Å². The third kappa shape index (κ3) is 3.75. The molecule has 21 heavy (non-hydrogen) atoms. The molecule has 112 valence electrons. The number of aromatic hydroxyl groups is 1. The molecule has 0 amide bonds. The Balaban J connectivity index is 2.26. The predicted molar refractivity (Wildman–Crippen MR) is 85.4 cm³/mol. The van der Waals surface area contributed by atoms with E-state index >= 15 is 0 Å².